The predicted octanol–water partition coefficient (Wildman–Crippen LogP) is 7.66. The number of hydrogen-bond donors (Lipinski definition) is 4. The van der Waals surface area contributed by atoms with Gasteiger partial charge in [-0.25, -0.2) is 9.78 Å². The van der Waals surface area contributed by atoms with Crippen molar-refractivity contribution in [2.75, 3.05) is 11.9 Å². The van der Waals surface area contributed by atoms with E-state index in [4.69, 9.17) is 15.7 Å². The number of rotatable bonds is 12. The topological polar surface area (TPSA) is 143 Å². The molecular weight excluding hydrogens is 572 g/mol. The number of carboxylic acids is 1. The molecule has 3 unspecified atom stereocenters. The molecule has 0 spiro atoms. The van der Waals surface area contributed by atoms with Crippen molar-refractivity contribution in [3.05, 3.63) is 59.9 Å². The molecule has 2 amide bonds. The van der Waals surface area contributed by atoms with E-state index in [0.717, 1.165) is 64.0 Å². The highest BCUT2D eigenvalue weighted by atomic mass is 32.1. The van der Waals surface area contributed by atoms with Crippen molar-refractivity contribution < 1.29 is 14.7 Å². The van der Waals surface area contributed by atoms with Crippen molar-refractivity contribution in [1.29, 1.82) is 0 Å². The lowest BCUT2D eigenvalue weighted by Gasteiger charge is -2.28. The normalized spacial score (nSPS) is 16.5. The van der Waals surface area contributed by atoms with Gasteiger partial charge in [-0.05, 0) is 93.2 Å². The van der Waals surface area contributed by atoms with Gasteiger partial charge in [0.25, 0.3) is 0 Å². The molecule has 0 radical (unpaired) electrons. The number of aromatic nitrogens is 2. The van der Waals surface area contributed by atoms with E-state index < -0.39 is 11.5 Å². The molecule has 3 atom stereocenters. The molecule has 3 aromatic rings. The third-order valence-corrected chi connectivity index (χ3v) is 9.44. The SMILES string of the molecule is CCCC(N)(CCC(C)C(C)C1=NC=C(c2cc(-c3ccccn3)c3sc(NC(=O)NCC)nc3c2)C=C(C)CC1)C(=O)O. The minimum Gasteiger partial charge on any atom is -0.480 e. The second kappa shape index (κ2) is 14.7. The van der Waals surface area contributed by atoms with Gasteiger partial charge in [-0.3, -0.25) is 20.1 Å². The van der Waals surface area contributed by atoms with Gasteiger partial charge in [0.15, 0.2) is 5.13 Å². The molecule has 2 aromatic heterocycles. The van der Waals surface area contributed by atoms with Crippen LogP contribution in [0, 0.1) is 11.8 Å². The Balaban J connectivity index is 1.69. The van der Waals surface area contributed by atoms with Gasteiger partial charge in [-0.1, -0.05) is 56.2 Å². The highest BCUT2D eigenvalue weighted by molar-refractivity contribution is 7.22. The fraction of sp³-hybridized carbons (Fsp3) is 0.441. The van der Waals surface area contributed by atoms with Crippen molar-refractivity contribution >= 4 is 50.0 Å². The Morgan fingerprint density at radius 2 is 1.95 bits per heavy atom. The molecule has 5 N–H and O–H groups in total. The molecule has 3 heterocycles. The molecule has 4 rings (SSSR count). The Bertz CT molecular complexity index is 1580. The average molecular weight is 617 g/mol. The molecule has 44 heavy (non-hydrogen) atoms. The number of benzene rings is 1. The third kappa shape index (κ3) is 7.98. The van der Waals surface area contributed by atoms with Crippen molar-refractivity contribution in [2.45, 2.75) is 78.7 Å². The second-order valence-electron chi connectivity index (χ2n) is 11.8. The largest absolute Gasteiger partial charge is 0.480 e. The number of hydrogen-bond acceptors (Lipinski definition) is 7. The van der Waals surface area contributed by atoms with Crippen molar-refractivity contribution in [1.82, 2.24) is 15.3 Å². The summed E-state index contributed by atoms with van der Waals surface area (Å²) < 4.78 is 0.943. The van der Waals surface area contributed by atoms with Crippen LogP contribution in [0.25, 0.3) is 27.0 Å². The fourth-order valence-electron chi connectivity index (χ4n) is 5.54. The van der Waals surface area contributed by atoms with E-state index in [9.17, 15) is 14.7 Å². The molecule has 0 fully saturated rings. The number of aliphatic carboxylic acids is 1. The van der Waals surface area contributed by atoms with Gasteiger partial charge in [-0.2, -0.15) is 0 Å². The van der Waals surface area contributed by atoms with Crippen LogP contribution in [0.1, 0.15) is 78.7 Å². The Morgan fingerprint density at radius 3 is 2.64 bits per heavy atom. The van der Waals surface area contributed by atoms with E-state index in [0.29, 0.717) is 24.5 Å². The number of carbonyl (C=O) groups excluding carboxylic acids is 1. The quantitative estimate of drug-likeness (QED) is 0.165. The predicted molar refractivity (Wildman–Crippen MR) is 181 cm³/mol. The number of pyridine rings is 1. The molecule has 10 heteroatoms. The number of urea groups is 1. The van der Waals surface area contributed by atoms with Gasteiger partial charge in [0, 0.05) is 30.2 Å². The monoisotopic (exact) mass is 616 g/mol. The standard InChI is InChI=1S/C34H44N6O3S/c1-6-14-34(35,31(41)42)15-13-22(4)23(5)27-12-11-21(3)17-25(20-38-27)24-18-26(28-10-8-9-16-37-28)30-29(19-24)39-33(44-30)40-32(43)36-7-2/h8-10,16-20,22-23H,6-7,11-15,35H2,1-5H3,(H,41,42)(H2,36,39,40,43). The molecule has 0 saturated heterocycles. The van der Waals surface area contributed by atoms with Crippen LogP contribution >= 0.6 is 11.3 Å². The third-order valence-electron chi connectivity index (χ3n) is 8.42. The maximum absolute atomic E-state index is 12.2. The Morgan fingerprint density at radius 1 is 1.16 bits per heavy atom. The Kier molecular flexibility index (Phi) is 11.0. The summed E-state index contributed by atoms with van der Waals surface area (Å²) in [5, 5.41) is 15.8. The number of amides is 2. The van der Waals surface area contributed by atoms with Gasteiger partial charge >= 0.3 is 12.0 Å². The maximum Gasteiger partial charge on any atom is 0.323 e. The molecule has 1 aliphatic heterocycles. The molecule has 0 bridgehead atoms. The number of anilines is 1. The number of thiazole rings is 1. The first-order valence-corrected chi connectivity index (χ1v) is 16.2. The number of carboxylic acid groups (broad SMARTS) is 1. The van der Waals surface area contributed by atoms with Crippen molar-refractivity contribution in [3.8, 4) is 11.3 Å². The van der Waals surface area contributed by atoms with Gasteiger partial charge in [0.1, 0.15) is 5.54 Å². The first-order valence-electron chi connectivity index (χ1n) is 15.4. The lowest BCUT2D eigenvalue weighted by Crippen LogP contribution is -2.48. The molecule has 1 aliphatic rings. The van der Waals surface area contributed by atoms with Crippen molar-refractivity contribution in [2.24, 2.45) is 22.6 Å². The number of carbonyl (C=O) groups is 2. The number of fused-ring (bicyclic) bond motifs is 1. The summed E-state index contributed by atoms with van der Waals surface area (Å²) in [4.78, 5) is 38.5. The highest BCUT2D eigenvalue weighted by Crippen LogP contribution is 2.38. The van der Waals surface area contributed by atoms with Crippen LogP contribution in [-0.2, 0) is 4.79 Å². The minimum absolute atomic E-state index is 0.172. The van der Waals surface area contributed by atoms with E-state index in [1.165, 1.54) is 16.9 Å². The minimum atomic E-state index is -1.19. The number of nitrogens with one attached hydrogen (secondary N) is 2. The summed E-state index contributed by atoms with van der Waals surface area (Å²) in [7, 11) is 0. The first-order chi connectivity index (χ1) is 21.0. The van der Waals surface area contributed by atoms with E-state index in [1.54, 1.807) is 6.20 Å². The van der Waals surface area contributed by atoms with Crippen LogP contribution in [-0.4, -0.2) is 44.9 Å². The van der Waals surface area contributed by atoms with Crippen LogP contribution < -0.4 is 16.4 Å². The lowest BCUT2D eigenvalue weighted by molar-refractivity contribution is -0.144. The summed E-state index contributed by atoms with van der Waals surface area (Å²) in [5.74, 6) is -0.525. The van der Waals surface area contributed by atoms with Gasteiger partial charge in [-0.15, -0.1) is 0 Å². The molecular formula is C34H44N6O3S. The van der Waals surface area contributed by atoms with Crippen LogP contribution in [0.2, 0.25) is 0 Å². The molecule has 1 aromatic carbocycles. The number of nitrogens with two attached hydrogens (primary N) is 1. The Hall–Kier alpha value is -3.89. The van der Waals surface area contributed by atoms with Crippen LogP contribution in [0.5, 0.6) is 0 Å². The van der Waals surface area contributed by atoms with E-state index in [2.05, 4.69) is 48.5 Å². The fourth-order valence-corrected chi connectivity index (χ4v) is 6.50. The molecule has 0 saturated carbocycles. The summed E-state index contributed by atoms with van der Waals surface area (Å²) in [6, 6.07) is 9.70. The summed E-state index contributed by atoms with van der Waals surface area (Å²) in [6.45, 7) is 10.8. The molecule has 9 nitrogen and oxygen atoms in total. The van der Waals surface area contributed by atoms with Gasteiger partial charge in [0.2, 0.25) is 0 Å². The number of nitrogens with zero attached hydrogens (tertiary/aromatic N) is 3. The zero-order valence-electron chi connectivity index (χ0n) is 26.3. The van der Waals surface area contributed by atoms with E-state index in [-0.39, 0.29) is 17.9 Å². The summed E-state index contributed by atoms with van der Waals surface area (Å²) in [6.07, 6.45) is 9.97. The van der Waals surface area contributed by atoms with Crippen molar-refractivity contribution in [3.63, 3.8) is 0 Å². The van der Waals surface area contributed by atoms with Crippen LogP contribution in [0.15, 0.2) is 59.4 Å². The smallest absolute Gasteiger partial charge is 0.323 e. The van der Waals surface area contributed by atoms with Crippen LogP contribution in [0.3, 0.4) is 0 Å². The summed E-state index contributed by atoms with van der Waals surface area (Å²) in [5.41, 5.74) is 11.9. The second-order valence-corrected chi connectivity index (χ2v) is 12.8. The van der Waals surface area contributed by atoms with E-state index in [1.807, 2.05) is 44.3 Å². The zero-order valence-corrected chi connectivity index (χ0v) is 27.1. The highest BCUT2D eigenvalue weighted by Gasteiger charge is 2.33. The Labute approximate surface area is 263 Å². The number of allylic oxidation sites excluding steroid dienone is 3. The van der Waals surface area contributed by atoms with Gasteiger partial charge in [0.05, 0.1) is 15.9 Å². The number of aliphatic imine (C=N–C) groups is 1. The lowest BCUT2D eigenvalue weighted by atomic mass is 9.80. The van der Waals surface area contributed by atoms with Gasteiger partial charge < -0.3 is 16.2 Å². The van der Waals surface area contributed by atoms with E-state index >= 15 is 0 Å². The molecule has 234 valence electrons. The first kappa shape index (κ1) is 33.0. The average Bonchev–Trinajstić information content (AvgIpc) is 3.39. The molecule has 0 aliphatic carbocycles. The summed E-state index contributed by atoms with van der Waals surface area (Å²) >= 11 is 1.42. The zero-order chi connectivity index (χ0) is 31.9. The van der Waals surface area contributed by atoms with Crippen LogP contribution in [0.4, 0.5) is 9.93 Å². The maximum atomic E-state index is 12.2.